The van der Waals surface area contributed by atoms with E-state index in [1.807, 2.05) is 12.1 Å². The Morgan fingerprint density at radius 1 is 1.38 bits per heavy atom. The number of pyridine rings is 1. The first-order chi connectivity index (χ1) is 6.29. The highest BCUT2D eigenvalue weighted by Gasteiger charge is 2.08. The number of anilines is 1. The smallest absolute Gasteiger partial charge is 0.132 e. The topological polar surface area (TPSA) is 52.0 Å². The average Bonchev–Trinajstić information content (AvgIpc) is 2.57. The zero-order valence-electron chi connectivity index (χ0n) is 6.70. The molecule has 0 fully saturated rings. The summed E-state index contributed by atoms with van der Waals surface area (Å²) >= 11 is 3.41. The van der Waals surface area contributed by atoms with Crippen LogP contribution in [0.1, 0.15) is 0 Å². The molecule has 0 unspecified atom stereocenters. The first-order valence-electron chi connectivity index (χ1n) is 3.71. The predicted molar refractivity (Wildman–Crippen MR) is 54.1 cm³/mol. The summed E-state index contributed by atoms with van der Waals surface area (Å²) in [5.74, 6) is 0.496. The van der Waals surface area contributed by atoms with Crippen molar-refractivity contribution in [2.24, 2.45) is 0 Å². The summed E-state index contributed by atoms with van der Waals surface area (Å²) in [6.07, 6.45) is 4.90. The highest BCUT2D eigenvalue weighted by molar-refractivity contribution is 9.10. The van der Waals surface area contributed by atoms with Crippen LogP contribution in [-0.2, 0) is 0 Å². The molecule has 2 aromatic rings. The lowest BCUT2D eigenvalue weighted by Crippen LogP contribution is -1.93. The van der Waals surface area contributed by atoms with E-state index in [0.29, 0.717) is 5.82 Å². The van der Waals surface area contributed by atoms with Gasteiger partial charge in [-0.3, -0.25) is 0 Å². The molecule has 0 aliphatic heterocycles. The van der Waals surface area contributed by atoms with E-state index in [1.165, 1.54) is 0 Å². The summed E-state index contributed by atoms with van der Waals surface area (Å²) in [6, 6.07) is 3.69. The maximum absolute atomic E-state index is 5.73. The minimum atomic E-state index is 0.496. The number of rotatable bonds is 1. The first kappa shape index (κ1) is 8.31. The van der Waals surface area contributed by atoms with Crippen molar-refractivity contribution in [2.45, 2.75) is 0 Å². The molecule has 0 spiro atoms. The van der Waals surface area contributed by atoms with E-state index in [2.05, 4.69) is 20.9 Å². The molecule has 0 saturated heterocycles. The molecule has 0 aliphatic carbocycles. The Morgan fingerprint density at radius 3 is 2.85 bits per heavy atom. The van der Waals surface area contributed by atoms with Crippen LogP contribution in [-0.4, -0.2) is 4.98 Å². The molecule has 0 saturated carbocycles. The van der Waals surface area contributed by atoms with Gasteiger partial charge < -0.3 is 10.2 Å². The molecular weight excluding hydrogens is 232 g/mol. The maximum atomic E-state index is 5.73. The summed E-state index contributed by atoms with van der Waals surface area (Å²) < 4.78 is 5.89. The molecule has 2 aromatic heterocycles. The predicted octanol–water partition coefficient (Wildman–Crippen LogP) is 2.69. The van der Waals surface area contributed by atoms with Crippen molar-refractivity contribution < 1.29 is 4.42 Å². The average molecular weight is 239 g/mol. The van der Waals surface area contributed by atoms with Gasteiger partial charge in [-0.2, -0.15) is 0 Å². The number of aromatic nitrogens is 1. The summed E-state index contributed by atoms with van der Waals surface area (Å²) in [4.78, 5) is 4.00. The van der Waals surface area contributed by atoms with E-state index in [0.717, 1.165) is 15.6 Å². The molecule has 13 heavy (non-hydrogen) atoms. The second-order valence-corrected chi connectivity index (χ2v) is 3.42. The largest absolute Gasteiger partial charge is 0.472 e. The molecule has 3 nitrogen and oxygen atoms in total. The van der Waals surface area contributed by atoms with Gasteiger partial charge in [0.1, 0.15) is 5.82 Å². The second kappa shape index (κ2) is 3.22. The molecule has 0 radical (unpaired) electrons. The highest BCUT2D eigenvalue weighted by Crippen LogP contribution is 2.31. The Bertz CT molecular complexity index is 391. The van der Waals surface area contributed by atoms with Gasteiger partial charge in [-0.05, 0) is 28.1 Å². The molecule has 2 rings (SSSR count). The number of halogens is 1. The third-order valence-electron chi connectivity index (χ3n) is 1.74. The van der Waals surface area contributed by atoms with Crippen LogP contribution in [0.3, 0.4) is 0 Å². The Morgan fingerprint density at radius 2 is 2.23 bits per heavy atom. The Labute approximate surface area is 83.7 Å². The molecule has 2 N–H and O–H groups in total. The quantitative estimate of drug-likeness (QED) is 0.832. The highest BCUT2D eigenvalue weighted by atomic mass is 79.9. The maximum Gasteiger partial charge on any atom is 0.132 e. The Balaban J connectivity index is 2.64. The number of hydrogen-bond donors (Lipinski definition) is 1. The van der Waals surface area contributed by atoms with Crippen LogP contribution in [0.15, 0.2) is 39.7 Å². The normalized spacial score (nSPS) is 10.2. The summed E-state index contributed by atoms with van der Waals surface area (Å²) in [5.41, 5.74) is 7.53. The number of nitrogens with two attached hydrogens (primary N) is 1. The van der Waals surface area contributed by atoms with Gasteiger partial charge in [0.15, 0.2) is 0 Å². The van der Waals surface area contributed by atoms with E-state index in [9.17, 15) is 0 Å². The molecule has 2 heterocycles. The lowest BCUT2D eigenvalue weighted by Gasteiger charge is -2.03. The molecule has 0 aliphatic rings. The fourth-order valence-electron chi connectivity index (χ4n) is 1.15. The molecule has 4 heteroatoms. The Kier molecular flexibility index (Phi) is 2.06. The minimum Gasteiger partial charge on any atom is -0.472 e. The van der Waals surface area contributed by atoms with E-state index >= 15 is 0 Å². The summed E-state index contributed by atoms with van der Waals surface area (Å²) in [6.45, 7) is 0. The number of nitrogen functional groups attached to an aromatic ring is 1. The van der Waals surface area contributed by atoms with Crippen molar-refractivity contribution >= 4 is 21.7 Å². The van der Waals surface area contributed by atoms with Gasteiger partial charge in [-0.25, -0.2) is 4.98 Å². The third kappa shape index (κ3) is 1.45. The molecule has 0 amide bonds. The van der Waals surface area contributed by atoms with E-state index in [4.69, 9.17) is 10.2 Å². The molecule has 0 bridgehead atoms. The van der Waals surface area contributed by atoms with Crippen molar-refractivity contribution in [3.8, 4) is 11.1 Å². The van der Waals surface area contributed by atoms with Crippen LogP contribution in [0.2, 0.25) is 0 Å². The Hall–Kier alpha value is -1.29. The first-order valence-corrected chi connectivity index (χ1v) is 4.51. The number of hydrogen-bond acceptors (Lipinski definition) is 3. The summed E-state index contributed by atoms with van der Waals surface area (Å²) in [5, 5.41) is 0. The monoisotopic (exact) mass is 238 g/mol. The van der Waals surface area contributed by atoms with Crippen molar-refractivity contribution in [3.63, 3.8) is 0 Å². The van der Waals surface area contributed by atoms with Crippen molar-refractivity contribution in [3.05, 3.63) is 35.3 Å². The van der Waals surface area contributed by atoms with Crippen molar-refractivity contribution in [1.82, 2.24) is 4.98 Å². The molecule has 0 aromatic carbocycles. The number of nitrogens with zero attached hydrogens (tertiary/aromatic N) is 1. The number of furan rings is 1. The summed E-state index contributed by atoms with van der Waals surface area (Å²) in [7, 11) is 0. The van der Waals surface area contributed by atoms with Gasteiger partial charge in [-0.15, -0.1) is 0 Å². The van der Waals surface area contributed by atoms with Gasteiger partial charge in [-0.1, -0.05) is 0 Å². The standard InChI is InChI=1S/C9H7BrN2O/c10-7-1-3-12-9(11)8(7)6-2-4-13-5-6/h1-5H,(H2,11,12). The van der Waals surface area contributed by atoms with E-state index in [1.54, 1.807) is 18.7 Å². The molecule has 0 atom stereocenters. The zero-order chi connectivity index (χ0) is 9.26. The zero-order valence-corrected chi connectivity index (χ0v) is 8.28. The fraction of sp³-hybridized carbons (Fsp3) is 0. The molecule has 66 valence electrons. The van der Waals surface area contributed by atoms with Gasteiger partial charge in [0.25, 0.3) is 0 Å². The lowest BCUT2D eigenvalue weighted by molar-refractivity contribution is 0.568. The van der Waals surface area contributed by atoms with Gasteiger partial charge in [0.2, 0.25) is 0 Å². The van der Waals surface area contributed by atoms with Crippen LogP contribution >= 0.6 is 15.9 Å². The van der Waals surface area contributed by atoms with Crippen molar-refractivity contribution in [2.75, 3.05) is 5.73 Å². The van der Waals surface area contributed by atoms with Crippen LogP contribution in [0.25, 0.3) is 11.1 Å². The van der Waals surface area contributed by atoms with Crippen LogP contribution in [0.4, 0.5) is 5.82 Å². The van der Waals surface area contributed by atoms with Gasteiger partial charge in [0.05, 0.1) is 12.5 Å². The van der Waals surface area contributed by atoms with Gasteiger partial charge in [0, 0.05) is 21.8 Å². The fourth-order valence-corrected chi connectivity index (χ4v) is 1.70. The lowest BCUT2D eigenvalue weighted by atomic mass is 10.1. The van der Waals surface area contributed by atoms with Crippen LogP contribution in [0, 0.1) is 0 Å². The van der Waals surface area contributed by atoms with Gasteiger partial charge >= 0.3 is 0 Å². The SMILES string of the molecule is Nc1nccc(Br)c1-c1ccoc1. The van der Waals surface area contributed by atoms with Crippen molar-refractivity contribution in [1.29, 1.82) is 0 Å². The van der Waals surface area contributed by atoms with E-state index < -0.39 is 0 Å². The van der Waals surface area contributed by atoms with Crippen LogP contribution < -0.4 is 5.73 Å². The molecular formula is C9H7BrN2O. The minimum absolute atomic E-state index is 0.496. The van der Waals surface area contributed by atoms with E-state index in [-0.39, 0.29) is 0 Å². The van der Waals surface area contributed by atoms with Crippen LogP contribution in [0.5, 0.6) is 0 Å². The second-order valence-electron chi connectivity index (χ2n) is 2.57. The third-order valence-corrected chi connectivity index (χ3v) is 2.40.